The molecule has 0 saturated carbocycles. The quantitative estimate of drug-likeness (QED) is 0.660. The Morgan fingerprint density at radius 2 is 1.87 bits per heavy atom. The van der Waals surface area contributed by atoms with Crippen LogP contribution in [0.15, 0.2) is 36.4 Å². The summed E-state index contributed by atoms with van der Waals surface area (Å²) in [5.41, 5.74) is 0.896. The van der Waals surface area contributed by atoms with E-state index in [9.17, 15) is 14.0 Å². The van der Waals surface area contributed by atoms with Gasteiger partial charge in [-0.25, -0.2) is 9.18 Å². The molecule has 30 heavy (non-hydrogen) atoms. The number of piperidine rings is 1. The summed E-state index contributed by atoms with van der Waals surface area (Å²) in [6, 6.07) is 8.89. The molecule has 0 radical (unpaired) electrons. The molecule has 2 aromatic rings. The molecule has 6 nitrogen and oxygen atoms in total. The van der Waals surface area contributed by atoms with E-state index in [1.165, 1.54) is 12.1 Å². The SMILES string of the molecule is O=C(COc1ccc(C(=O)O)cc1F)NC1CCN(Cc2ccc(Cl)c(Cl)c2)CC1. The van der Waals surface area contributed by atoms with Gasteiger partial charge in [-0.3, -0.25) is 9.69 Å². The molecule has 9 heteroatoms. The standard InChI is InChI=1S/C21H21Cl2FN2O4/c22-16-3-1-13(9-17(16)23)11-26-7-5-15(6-8-26)25-20(27)12-30-19-4-2-14(21(28)29)10-18(19)24/h1-4,9-10,15H,5-8,11-12H2,(H,25,27)(H,28,29). The van der Waals surface area contributed by atoms with Gasteiger partial charge in [0.05, 0.1) is 15.6 Å². The van der Waals surface area contributed by atoms with Gasteiger partial charge in [-0.15, -0.1) is 0 Å². The Morgan fingerprint density at radius 3 is 2.50 bits per heavy atom. The van der Waals surface area contributed by atoms with E-state index in [-0.39, 0.29) is 29.9 Å². The average molecular weight is 455 g/mol. The highest BCUT2D eigenvalue weighted by molar-refractivity contribution is 6.42. The molecule has 160 valence electrons. The minimum absolute atomic E-state index is 0.0189. The van der Waals surface area contributed by atoms with Gasteiger partial charge in [0.25, 0.3) is 5.91 Å². The van der Waals surface area contributed by atoms with E-state index >= 15 is 0 Å². The summed E-state index contributed by atoms with van der Waals surface area (Å²) in [7, 11) is 0. The van der Waals surface area contributed by atoms with Crippen LogP contribution in [0.4, 0.5) is 4.39 Å². The van der Waals surface area contributed by atoms with Crippen LogP contribution < -0.4 is 10.1 Å². The van der Waals surface area contributed by atoms with Crippen LogP contribution in [0.1, 0.15) is 28.8 Å². The number of carboxylic acid groups (broad SMARTS) is 1. The second-order valence-corrected chi connectivity index (χ2v) is 7.92. The van der Waals surface area contributed by atoms with Gasteiger partial charge in [-0.2, -0.15) is 0 Å². The Labute approximate surface area is 183 Å². The fourth-order valence-electron chi connectivity index (χ4n) is 3.30. The molecule has 1 heterocycles. The number of ether oxygens (including phenoxy) is 1. The van der Waals surface area contributed by atoms with Crippen LogP contribution in [0.2, 0.25) is 10.0 Å². The number of carboxylic acids is 1. The maximum atomic E-state index is 13.8. The smallest absolute Gasteiger partial charge is 0.335 e. The Kier molecular flexibility index (Phi) is 7.53. The van der Waals surface area contributed by atoms with Crippen LogP contribution in [-0.4, -0.2) is 47.6 Å². The van der Waals surface area contributed by atoms with Crippen LogP contribution in [0.25, 0.3) is 0 Å². The summed E-state index contributed by atoms with van der Waals surface area (Å²) < 4.78 is 19.0. The van der Waals surface area contributed by atoms with Gasteiger partial charge < -0.3 is 15.2 Å². The molecule has 2 aromatic carbocycles. The number of carbonyl (C=O) groups is 2. The Bertz CT molecular complexity index is 933. The van der Waals surface area contributed by atoms with Crippen molar-refractivity contribution < 1.29 is 23.8 Å². The first-order valence-electron chi connectivity index (χ1n) is 9.43. The third kappa shape index (κ3) is 6.08. The highest BCUT2D eigenvalue weighted by Gasteiger charge is 2.21. The molecule has 1 aliphatic heterocycles. The van der Waals surface area contributed by atoms with Crippen molar-refractivity contribution >= 4 is 35.1 Å². The number of hydrogen-bond acceptors (Lipinski definition) is 4. The second kappa shape index (κ2) is 10.1. The van der Waals surface area contributed by atoms with Crippen molar-refractivity contribution in [1.29, 1.82) is 0 Å². The predicted molar refractivity (Wildman–Crippen MR) is 112 cm³/mol. The van der Waals surface area contributed by atoms with E-state index in [0.29, 0.717) is 10.0 Å². The van der Waals surface area contributed by atoms with Gasteiger partial charge in [-0.05, 0) is 48.7 Å². The topological polar surface area (TPSA) is 78.9 Å². The third-order valence-electron chi connectivity index (χ3n) is 4.88. The summed E-state index contributed by atoms with van der Waals surface area (Å²) in [5, 5.41) is 12.8. The summed E-state index contributed by atoms with van der Waals surface area (Å²) in [6.07, 6.45) is 1.57. The molecule has 0 spiro atoms. The monoisotopic (exact) mass is 454 g/mol. The van der Waals surface area contributed by atoms with E-state index in [1.807, 2.05) is 12.1 Å². The molecule has 1 aliphatic rings. The number of likely N-dealkylation sites (tertiary alicyclic amines) is 1. The molecule has 3 rings (SSSR count). The van der Waals surface area contributed by atoms with Crippen LogP contribution in [0, 0.1) is 5.82 Å². The van der Waals surface area contributed by atoms with Crippen molar-refractivity contribution in [2.45, 2.75) is 25.4 Å². The molecule has 0 aromatic heterocycles. The molecule has 0 aliphatic carbocycles. The number of amides is 1. The fraction of sp³-hybridized carbons (Fsp3) is 0.333. The maximum absolute atomic E-state index is 13.8. The van der Waals surface area contributed by atoms with Crippen molar-refractivity contribution in [1.82, 2.24) is 10.2 Å². The van der Waals surface area contributed by atoms with Crippen LogP contribution in [0.5, 0.6) is 5.75 Å². The minimum Gasteiger partial charge on any atom is -0.481 e. The van der Waals surface area contributed by atoms with E-state index < -0.39 is 11.8 Å². The molecule has 0 unspecified atom stereocenters. The summed E-state index contributed by atoms with van der Waals surface area (Å²) in [6.45, 7) is 2.05. The number of hydrogen-bond donors (Lipinski definition) is 2. The van der Waals surface area contributed by atoms with Gasteiger partial charge in [-0.1, -0.05) is 29.3 Å². The lowest BCUT2D eigenvalue weighted by Crippen LogP contribution is -2.45. The Morgan fingerprint density at radius 1 is 1.13 bits per heavy atom. The van der Waals surface area contributed by atoms with Crippen molar-refractivity contribution in [3.8, 4) is 5.75 Å². The molecule has 1 amide bonds. The van der Waals surface area contributed by atoms with E-state index in [2.05, 4.69) is 10.2 Å². The van der Waals surface area contributed by atoms with Crippen LogP contribution in [-0.2, 0) is 11.3 Å². The summed E-state index contributed by atoms with van der Waals surface area (Å²) in [5.74, 6) is -2.56. The molecule has 0 atom stereocenters. The maximum Gasteiger partial charge on any atom is 0.335 e. The molecular weight excluding hydrogens is 434 g/mol. The summed E-state index contributed by atoms with van der Waals surface area (Å²) in [4.78, 5) is 25.2. The Hall–Kier alpha value is -2.35. The van der Waals surface area contributed by atoms with E-state index in [4.69, 9.17) is 33.0 Å². The zero-order chi connectivity index (χ0) is 21.7. The third-order valence-corrected chi connectivity index (χ3v) is 5.62. The van der Waals surface area contributed by atoms with Gasteiger partial charge in [0, 0.05) is 25.7 Å². The molecule has 2 N–H and O–H groups in total. The van der Waals surface area contributed by atoms with Crippen molar-refractivity contribution in [2.75, 3.05) is 19.7 Å². The van der Waals surface area contributed by atoms with Crippen molar-refractivity contribution in [3.63, 3.8) is 0 Å². The fourth-order valence-corrected chi connectivity index (χ4v) is 3.62. The van der Waals surface area contributed by atoms with E-state index in [0.717, 1.165) is 44.1 Å². The van der Waals surface area contributed by atoms with Gasteiger partial charge in [0.1, 0.15) is 0 Å². The number of nitrogens with zero attached hydrogens (tertiary/aromatic N) is 1. The average Bonchev–Trinajstić information content (AvgIpc) is 2.71. The van der Waals surface area contributed by atoms with Crippen LogP contribution >= 0.6 is 23.2 Å². The second-order valence-electron chi connectivity index (χ2n) is 7.11. The minimum atomic E-state index is -1.23. The van der Waals surface area contributed by atoms with E-state index in [1.54, 1.807) is 6.07 Å². The zero-order valence-corrected chi connectivity index (χ0v) is 17.5. The number of rotatable bonds is 7. The van der Waals surface area contributed by atoms with Crippen molar-refractivity contribution in [3.05, 3.63) is 63.4 Å². The molecule has 1 saturated heterocycles. The number of benzene rings is 2. The lowest BCUT2D eigenvalue weighted by molar-refractivity contribution is -0.124. The zero-order valence-electron chi connectivity index (χ0n) is 16.0. The number of aromatic carboxylic acids is 1. The first-order chi connectivity index (χ1) is 14.3. The normalized spacial score (nSPS) is 15.0. The molecular formula is C21H21Cl2FN2O4. The summed E-state index contributed by atoms with van der Waals surface area (Å²) >= 11 is 12.0. The predicted octanol–water partition coefficient (Wildman–Crippen LogP) is 3.99. The number of halogens is 3. The first kappa shape index (κ1) is 22.3. The number of carbonyl (C=O) groups excluding carboxylic acids is 1. The number of nitrogens with one attached hydrogen (secondary N) is 1. The highest BCUT2D eigenvalue weighted by Crippen LogP contribution is 2.24. The first-order valence-corrected chi connectivity index (χ1v) is 10.2. The lowest BCUT2D eigenvalue weighted by atomic mass is 10.0. The lowest BCUT2D eigenvalue weighted by Gasteiger charge is -2.32. The highest BCUT2D eigenvalue weighted by atomic mass is 35.5. The largest absolute Gasteiger partial charge is 0.481 e. The van der Waals surface area contributed by atoms with Crippen molar-refractivity contribution in [2.24, 2.45) is 0 Å². The van der Waals surface area contributed by atoms with Gasteiger partial charge >= 0.3 is 5.97 Å². The van der Waals surface area contributed by atoms with Gasteiger partial charge in [0.2, 0.25) is 0 Å². The van der Waals surface area contributed by atoms with Crippen LogP contribution in [0.3, 0.4) is 0 Å². The molecule has 0 bridgehead atoms. The van der Waals surface area contributed by atoms with Gasteiger partial charge in [0.15, 0.2) is 18.2 Å². The Balaban J connectivity index is 1.42. The molecule has 1 fully saturated rings.